The van der Waals surface area contributed by atoms with Gasteiger partial charge in [-0.15, -0.1) is 0 Å². The fourth-order valence-electron chi connectivity index (χ4n) is 8.42. The van der Waals surface area contributed by atoms with Crippen LogP contribution in [0.15, 0.2) is 180 Å². The molecule has 0 saturated carbocycles. The normalized spacial score (nSPS) is 13.1. The Bertz CT molecular complexity index is 2720. The molecule has 1 aromatic heterocycles. The van der Waals surface area contributed by atoms with Crippen LogP contribution in [0.1, 0.15) is 25.0 Å². The van der Waals surface area contributed by atoms with E-state index in [0.29, 0.717) is 0 Å². The van der Waals surface area contributed by atoms with E-state index in [0.717, 1.165) is 50.5 Å². The second kappa shape index (κ2) is 11.3. The van der Waals surface area contributed by atoms with Gasteiger partial charge in [0.05, 0.1) is 0 Å². The average molecular weight is 654 g/mol. The molecule has 0 atom stereocenters. The smallest absolute Gasteiger partial charge is 0.143 e. The van der Waals surface area contributed by atoms with E-state index in [1.807, 2.05) is 0 Å². The first-order valence-corrected chi connectivity index (χ1v) is 17.7. The number of hydrogen-bond acceptors (Lipinski definition) is 2. The second-order valence-electron chi connectivity index (χ2n) is 14.1. The zero-order valence-electron chi connectivity index (χ0n) is 28.6. The van der Waals surface area contributed by atoms with E-state index in [-0.39, 0.29) is 5.41 Å². The van der Waals surface area contributed by atoms with E-state index < -0.39 is 0 Å². The molecule has 0 fully saturated rings. The predicted molar refractivity (Wildman–Crippen MR) is 214 cm³/mol. The summed E-state index contributed by atoms with van der Waals surface area (Å²) in [7, 11) is 0. The van der Waals surface area contributed by atoms with Gasteiger partial charge in [-0.05, 0) is 86.4 Å². The van der Waals surface area contributed by atoms with Gasteiger partial charge in [0.15, 0.2) is 0 Å². The first kappa shape index (κ1) is 29.5. The minimum atomic E-state index is -0.228. The third kappa shape index (κ3) is 4.50. The minimum absolute atomic E-state index is 0.228. The van der Waals surface area contributed by atoms with Crippen molar-refractivity contribution in [2.45, 2.75) is 19.3 Å². The summed E-state index contributed by atoms with van der Waals surface area (Å²) in [6, 6.07) is 63.3. The molecule has 2 heteroatoms. The molecule has 0 bridgehead atoms. The highest BCUT2D eigenvalue weighted by Crippen LogP contribution is 2.53. The van der Waals surface area contributed by atoms with E-state index in [4.69, 9.17) is 4.42 Å². The highest BCUT2D eigenvalue weighted by atomic mass is 16.3. The third-order valence-electron chi connectivity index (χ3n) is 10.8. The van der Waals surface area contributed by atoms with Crippen LogP contribution in [0.5, 0.6) is 0 Å². The standard InChI is InChI=1S/C49H35NO/c1-49(2)43-30-33(26-28-39(43)40-29-27-36(31-44(40)49)50(34-18-8-4-9-19-34)35-20-10-5-11-21-35)47-45(32-16-6-3-7-17-32)46-41-24-14-12-22-37(41)38-23-13-15-25-42(38)48(46)51-47/h3-31H,1-2H3. The summed E-state index contributed by atoms with van der Waals surface area (Å²) in [6.07, 6.45) is 0. The summed E-state index contributed by atoms with van der Waals surface area (Å²) >= 11 is 0. The van der Waals surface area contributed by atoms with E-state index in [1.54, 1.807) is 0 Å². The lowest BCUT2D eigenvalue weighted by molar-refractivity contribution is 0.634. The Kier molecular flexibility index (Phi) is 6.56. The van der Waals surface area contributed by atoms with Crippen molar-refractivity contribution in [1.82, 2.24) is 0 Å². The second-order valence-corrected chi connectivity index (χ2v) is 14.1. The number of furan rings is 1. The SMILES string of the molecule is CC1(C)c2cc(-c3oc4c5ccccc5c5ccccc5c4c3-c3ccccc3)ccc2-c2ccc(N(c3ccccc3)c3ccccc3)cc21. The topological polar surface area (TPSA) is 16.4 Å². The van der Waals surface area contributed by atoms with E-state index in [1.165, 1.54) is 43.8 Å². The molecule has 0 radical (unpaired) electrons. The number of rotatable bonds is 5. The van der Waals surface area contributed by atoms with Gasteiger partial charge in [0.25, 0.3) is 0 Å². The largest absolute Gasteiger partial charge is 0.455 e. The molecular weight excluding hydrogens is 619 g/mol. The number of benzene rings is 8. The third-order valence-corrected chi connectivity index (χ3v) is 10.8. The Morgan fingerprint density at radius 1 is 0.431 bits per heavy atom. The van der Waals surface area contributed by atoms with Gasteiger partial charge in [0.1, 0.15) is 11.3 Å². The molecule has 0 N–H and O–H groups in total. The summed E-state index contributed by atoms with van der Waals surface area (Å²) in [5.41, 5.74) is 12.7. The lowest BCUT2D eigenvalue weighted by Crippen LogP contribution is -2.16. The van der Waals surface area contributed by atoms with E-state index in [2.05, 4.69) is 195 Å². The van der Waals surface area contributed by atoms with Gasteiger partial charge >= 0.3 is 0 Å². The number of anilines is 3. The summed E-state index contributed by atoms with van der Waals surface area (Å²) in [5.74, 6) is 0.910. The maximum Gasteiger partial charge on any atom is 0.143 e. The minimum Gasteiger partial charge on any atom is -0.455 e. The molecule has 0 aliphatic heterocycles. The van der Waals surface area contributed by atoms with Crippen LogP contribution >= 0.6 is 0 Å². The molecule has 0 saturated heterocycles. The molecule has 0 spiro atoms. The highest BCUT2D eigenvalue weighted by Gasteiger charge is 2.37. The first-order valence-electron chi connectivity index (χ1n) is 17.7. The lowest BCUT2D eigenvalue weighted by atomic mass is 9.81. The van der Waals surface area contributed by atoms with Gasteiger partial charge < -0.3 is 9.32 Å². The fraction of sp³-hybridized carbons (Fsp3) is 0.0612. The monoisotopic (exact) mass is 653 g/mol. The zero-order valence-corrected chi connectivity index (χ0v) is 28.6. The van der Waals surface area contributed by atoms with Crippen LogP contribution in [0.2, 0.25) is 0 Å². The lowest BCUT2D eigenvalue weighted by Gasteiger charge is -2.28. The molecule has 9 aromatic rings. The molecule has 10 rings (SSSR count). The number of hydrogen-bond donors (Lipinski definition) is 0. The van der Waals surface area contributed by atoms with Crippen molar-refractivity contribution >= 4 is 49.6 Å². The molecule has 51 heavy (non-hydrogen) atoms. The average Bonchev–Trinajstić information content (AvgIpc) is 3.70. The Labute approximate surface area is 297 Å². The number of nitrogens with zero attached hydrogens (tertiary/aromatic N) is 1. The van der Waals surface area contributed by atoms with Gasteiger partial charge in [0, 0.05) is 44.4 Å². The fourth-order valence-corrected chi connectivity index (χ4v) is 8.42. The molecule has 1 aliphatic rings. The van der Waals surface area contributed by atoms with Gasteiger partial charge in [-0.1, -0.05) is 147 Å². The van der Waals surface area contributed by atoms with E-state index >= 15 is 0 Å². The van der Waals surface area contributed by atoms with Crippen molar-refractivity contribution in [3.63, 3.8) is 0 Å². The van der Waals surface area contributed by atoms with Gasteiger partial charge in [-0.25, -0.2) is 0 Å². The molecule has 2 nitrogen and oxygen atoms in total. The predicted octanol–water partition coefficient (Wildman–Crippen LogP) is 13.8. The van der Waals surface area contributed by atoms with E-state index in [9.17, 15) is 0 Å². The maximum absolute atomic E-state index is 7.11. The number of fused-ring (bicyclic) bond motifs is 9. The van der Waals surface area contributed by atoms with Crippen LogP contribution in [-0.4, -0.2) is 0 Å². The van der Waals surface area contributed by atoms with Gasteiger partial charge in [-0.3, -0.25) is 0 Å². The zero-order chi connectivity index (χ0) is 34.1. The maximum atomic E-state index is 7.11. The summed E-state index contributed by atoms with van der Waals surface area (Å²) in [6.45, 7) is 4.72. The van der Waals surface area contributed by atoms with Crippen LogP contribution in [0.4, 0.5) is 17.1 Å². The Morgan fingerprint density at radius 3 is 1.59 bits per heavy atom. The summed E-state index contributed by atoms with van der Waals surface area (Å²) in [5, 5.41) is 5.97. The molecule has 8 aromatic carbocycles. The Balaban J connectivity index is 1.17. The van der Waals surface area contributed by atoms with Crippen molar-refractivity contribution < 1.29 is 4.42 Å². The first-order chi connectivity index (χ1) is 25.1. The molecule has 242 valence electrons. The van der Waals surface area contributed by atoms with Gasteiger partial charge in [-0.2, -0.15) is 0 Å². The van der Waals surface area contributed by atoms with Gasteiger partial charge in [0.2, 0.25) is 0 Å². The number of para-hydroxylation sites is 2. The molecule has 1 aliphatic carbocycles. The van der Waals surface area contributed by atoms with Crippen molar-refractivity contribution in [2.24, 2.45) is 0 Å². The van der Waals surface area contributed by atoms with Crippen molar-refractivity contribution in [3.05, 3.63) is 187 Å². The Hall–Kier alpha value is -6.38. The van der Waals surface area contributed by atoms with Crippen LogP contribution in [0.25, 0.3) is 66.1 Å². The molecule has 0 amide bonds. The van der Waals surface area contributed by atoms with Crippen LogP contribution in [-0.2, 0) is 5.41 Å². The Morgan fingerprint density at radius 2 is 0.941 bits per heavy atom. The quantitative estimate of drug-likeness (QED) is 0.172. The highest BCUT2D eigenvalue weighted by molar-refractivity contribution is 6.28. The molecule has 1 heterocycles. The van der Waals surface area contributed by atoms with Crippen LogP contribution in [0, 0.1) is 0 Å². The molecule has 0 unspecified atom stereocenters. The molecular formula is C49H35NO. The summed E-state index contributed by atoms with van der Waals surface area (Å²) in [4.78, 5) is 2.35. The van der Waals surface area contributed by atoms with Crippen molar-refractivity contribution in [1.29, 1.82) is 0 Å². The van der Waals surface area contributed by atoms with Crippen LogP contribution in [0.3, 0.4) is 0 Å². The summed E-state index contributed by atoms with van der Waals surface area (Å²) < 4.78 is 7.11. The van der Waals surface area contributed by atoms with Crippen LogP contribution < -0.4 is 4.90 Å². The van der Waals surface area contributed by atoms with Crippen molar-refractivity contribution in [3.8, 4) is 33.6 Å². The van der Waals surface area contributed by atoms with Crippen molar-refractivity contribution in [2.75, 3.05) is 4.90 Å².